The van der Waals surface area contributed by atoms with Crippen LogP contribution in [0, 0.1) is 0 Å². The van der Waals surface area contributed by atoms with Gasteiger partial charge in [-0.15, -0.1) is 11.3 Å². The molecule has 1 saturated carbocycles. The first-order chi connectivity index (χ1) is 8.72. The molecule has 0 unspecified atom stereocenters. The van der Waals surface area contributed by atoms with Crippen molar-refractivity contribution in [1.29, 1.82) is 0 Å². The smallest absolute Gasteiger partial charge is 0.180 e. The number of hydrogen-bond donors (Lipinski definition) is 1. The lowest BCUT2D eigenvalue weighted by Crippen LogP contribution is -2.00. The maximum atomic E-state index is 5.61. The molecule has 2 heterocycles. The molecule has 0 atom stereocenters. The fourth-order valence-corrected chi connectivity index (χ4v) is 2.63. The van der Waals surface area contributed by atoms with Crippen molar-refractivity contribution in [2.75, 3.05) is 5.73 Å². The number of nitrogens with two attached hydrogens (primary N) is 1. The third-order valence-electron chi connectivity index (χ3n) is 3.21. The average Bonchev–Trinajstić information content (AvgIpc) is 3.02. The summed E-state index contributed by atoms with van der Waals surface area (Å²) in [5.41, 5.74) is 6.70. The number of aromatic nitrogens is 4. The first kappa shape index (κ1) is 11.6. The molecule has 5 nitrogen and oxygen atoms in total. The van der Waals surface area contributed by atoms with Crippen LogP contribution in [-0.2, 0) is 19.9 Å². The summed E-state index contributed by atoms with van der Waals surface area (Å²) in [6.07, 6.45) is 5.45. The van der Waals surface area contributed by atoms with Gasteiger partial charge in [-0.05, 0) is 25.7 Å². The number of anilines is 1. The summed E-state index contributed by atoms with van der Waals surface area (Å²) in [4.78, 5) is 8.88. The second kappa shape index (κ2) is 4.68. The summed E-state index contributed by atoms with van der Waals surface area (Å²) in [5.74, 6) is 2.74. The Kier molecular flexibility index (Phi) is 3.03. The van der Waals surface area contributed by atoms with Crippen molar-refractivity contribution in [3.8, 4) is 0 Å². The van der Waals surface area contributed by atoms with Gasteiger partial charge in [-0.25, -0.2) is 9.97 Å². The Hall–Kier alpha value is -1.43. The van der Waals surface area contributed by atoms with Crippen molar-refractivity contribution >= 4 is 16.5 Å². The van der Waals surface area contributed by atoms with Crippen LogP contribution < -0.4 is 5.73 Å². The third-order valence-corrected chi connectivity index (χ3v) is 3.94. The highest BCUT2D eigenvalue weighted by Crippen LogP contribution is 2.38. The summed E-state index contributed by atoms with van der Waals surface area (Å²) in [7, 11) is 1.98. The SMILES string of the molecule is Cn1nc(C2CC2)nc1CCCc1csc(N)n1. The number of rotatable bonds is 5. The van der Waals surface area contributed by atoms with Gasteiger partial charge in [0.05, 0.1) is 5.69 Å². The lowest BCUT2D eigenvalue weighted by Gasteiger charge is -1.98. The molecule has 0 aliphatic heterocycles. The second-order valence-corrected chi connectivity index (χ2v) is 5.70. The van der Waals surface area contributed by atoms with E-state index in [0.717, 1.165) is 36.6 Å². The maximum absolute atomic E-state index is 5.61. The number of thiazole rings is 1. The lowest BCUT2D eigenvalue weighted by molar-refractivity contribution is 0.664. The molecule has 3 rings (SSSR count). The van der Waals surface area contributed by atoms with Gasteiger partial charge in [0.25, 0.3) is 0 Å². The van der Waals surface area contributed by atoms with E-state index in [4.69, 9.17) is 5.73 Å². The molecule has 0 amide bonds. The van der Waals surface area contributed by atoms with Gasteiger partial charge < -0.3 is 5.73 Å². The zero-order valence-electron chi connectivity index (χ0n) is 10.5. The average molecular weight is 263 g/mol. The van der Waals surface area contributed by atoms with Crippen LogP contribution in [0.4, 0.5) is 5.13 Å². The molecular weight excluding hydrogens is 246 g/mol. The standard InChI is InChI=1S/C12H17N5S/c1-17-10(15-11(16-17)8-5-6-8)4-2-3-9-7-18-12(13)14-9/h7-8H,2-6H2,1H3,(H2,13,14). The number of hydrogen-bond acceptors (Lipinski definition) is 5. The Balaban J connectivity index is 1.56. The Morgan fingerprint density at radius 1 is 1.39 bits per heavy atom. The normalized spacial score (nSPS) is 15.2. The summed E-state index contributed by atoms with van der Waals surface area (Å²) in [6.45, 7) is 0. The Bertz CT molecular complexity index is 540. The highest BCUT2D eigenvalue weighted by atomic mass is 32.1. The van der Waals surface area contributed by atoms with Gasteiger partial charge in [0.1, 0.15) is 5.82 Å². The molecule has 2 aromatic rings. The van der Waals surface area contributed by atoms with Crippen molar-refractivity contribution in [1.82, 2.24) is 19.7 Å². The molecule has 0 aromatic carbocycles. The van der Waals surface area contributed by atoms with Crippen LogP contribution in [0.15, 0.2) is 5.38 Å². The quantitative estimate of drug-likeness (QED) is 0.894. The van der Waals surface area contributed by atoms with Crippen LogP contribution >= 0.6 is 11.3 Å². The highest BCUT2D eigenvalue weighted by Gasteiger charge is 2.28. The minimum absolute atomic E-state index is 0.628. The van der Waals surface area contributed by atoms with Crippen LogP contribution in [0.5, 0.6) is 0 Å². The van der Waals surface area contributed by atoms with Gasteiger partial charge in [0.2, 0.25) is 0 Å². The van der Waals surface area contributed by atoms with Gasteiger partial charge in [0.15, 0.2) is 11.0 Å². The topological polar surface area (TPSA) is 69.6 Å². The van der Waals surface area contributed by atoms with Gasteiger partial charge >= 0.3 is 0 Å². The van der Waals surface area contributed by atoms with E-state index in [1.165, 1.54) is 24.2 Å². The monoisotopic (exact) mass is 263 g/mol. The molecule has 1 fully saturated rings. The fourth-order valence-electron chi connectivity index (χ4n) is 2.04. The summed E-state index contributed by atoms with van der Waals surface area (Å²) in [6, 6.07) is 0. The van der Waals surface area contributed by atoms with E-state index in [1.54, 1.807) is 0 Å². The number of nitrogens with zero attached hydrogens (tertiary/aromatic N) is 4. The second-order valence-electron chi connectivity index (χ2n) is 4.81. The molecule has 0 radical (unpaired) electrons. The summed E-state index contributed by atoms with van der Waals surface area (Å²) >= 11 is 1.50. The summed E-state index contributed by atoms with van der Waals surface area (Å²) in [5, 5.41) is 7.16. The molecule has 0 saturated heterocycles. The zero-order valence-corrected chi connectivity index (χ0v) is 11.3. The molecule has 0 spiro atoms. The van der Waals surface area contributed by atoms with E-state index in [2.05, 4.69) is 15.1 Å². The molecule has 0 bridgehead atoms. The summed E-state index contributed by atoms with van der Waals surface area (Å²) < 4.78 is 1.92. The van der Waals surface area contributed by atoms with E-state index in [-0.39, 0.29) is 0 Å². The van der Waals surface area contributed by atoms with E-state index in [1.807, 2.05) is 17.1 Å². The van der Waals surface area contributed by atoms with Crippen molar-refractivity contribution < 1.29 is 0 Å². The highest BCUT2D eigenvalue weighted by molar-refractivity contribution is 7.13. The molecular formula is C12H17N5S. The van der Waals surface area contributed by atoms with Gasteiger partial charge in [-0.1, -0.05) is 0 Å². The van der Waals surface area contributed by atoms with Crippen LogP contribution in [0.1, 0.15) is 42.5 Å². The molecule has 1 aliphatic rings. The van der Waals surface area contributed by atoms with Crippen LogP contribution in [0.3, 0.4) is 0 Å². The zero-order chi connectivity index (χ0) is 12.5. The van der Waals surface area contributed by atoms with Crippen LogP contribution in [-0.4, -0.2) is 19.7 Å². The van der Waals surface area contributed by atoms with E-state index in [0.29, 0.717) is 11.0 Å². The first-order valence-electron chi connectivity index (χ1n) is 6.32. The van der Waals surface area contributed by atoms with Crippen molar-refractivity contribution in [2.24, 2.45) is 7.05 Å². The Labute approximate surface area is 110 Å². The molecule has 2 aromatic heterocycles. The molecule has 2 N–H and O–H groups in total. The Morgan fingerprint density at radius 3 is 2.89 bits per heavy atom. The minimum Gasteiger partial charge on any atom is -0.375 e. The minimum atomic E-state index is 0.628. The van der Waals surface area contributed by atoms with E-state index < -0.39 is 0 Å². The van der Waals surface area contributed by atoms with Crippen molar-refractivity contribution in [3.05, 3.63) is 22.7 Å². The maximum Gasteiger partial charge on any atom is 0.180 e. The predicted octanol–water partition coefficient (Wildman–Crippen LogP) is 1.91. The fraction of sp³-hybridized carbons (Fsp3) is 0.583. The molecule has 96 valence electrons. The lowest BCUT2D eigenvalue weighted by atomic mass is 10.2. The van der Waals surface area contributed by atoms with Gasteiger partial charge in [-0.2, -0.15) is 5.10 Å². The molecule has 18 heavy (non-hydrogen) atoms. The van der Waals surface area contributed by atoms with Gasteiger partial charge in [0, 0.05) is 24.8 Å². The van der Waals surface area contributed by atoms with Crippen molar-refractivity contribution in [2.45, 2.75) is 38.0 Å². The number of aryl methyl sites for hydroxylation is 3. The van der Waals surface area contributed by atoms with Crippen LogP contribution in [0.25, 0.3) is 0 Å². The van der Waals surface area contributed by atoms with Gasteiger partial charge in [-0.3, -0.25) is 4.68 Å². The molecule has 1 aliphatic carbocycles. The van der Waals surface area contributed by atoms with E-state index >= 15 is 0 Å². The van der Waals surface area contributed by atoms with Crippen LogP contribution in [0.2, 0.25) is 0 Å². The third kappa shape index (κ3) is 2.53. The van der Waals surface area contributed by atoms with E-state index in [9.17, 15) is 0 Å². The molecule has 6 heteroatoms. The number of nitrogen functional groups attached to an aromatic ring is 1. The first-order valence-corrected chi connectivity index (χ1v) is 7.20. The Morgan fingerprint density at radius 2 is 2.22 bits per heavy atom. The predicted molar refractivity (Wildman–Crippen MR) is 71.5 cm³/mol. The van der Waals surface area contributed by atoms with Crippen molar-refractivity contribution in [3.63, 3.8) is 0 Å². The largest absolute Gasteiger partial charge is 0.375 e.